The number of rotatable bonds is 7. The van der Waals surface area contributed by atoms with Crippen molar-refractivity contribution < 1.29 is 20.1 Å². The van der Waals surface area contributed by atoms with Gasteiger partial charge in [-0.2, -0.15) is 0 Å². The Labute approximate surface area is 112 Å². The quantitative estimate of drug-likeness (QED) is 0.584. The van der Waals surface area contributed by atoms with Crippen molar-refractivity contribution in [3.05, 3.63) is 35.4 Å². The Morgan fingerprint density at radius 3 is 2.21 bits per heavy atom. The molecule has 0 saturated carbocycles. The van der Waals surface area contributed by atoms with Gasteiger partial charge in [-0.05, 0) is 25.0 Å². The maximum Gasteiger partial charge on any atom is 0.310 e. The van der Waals surface area contributed by atoms with Crippen molar-refractivity contribution >= 4 is 5.97 Å². The molecule has 1 unspecified atom stereocenters. The third kappa shape index (κ3) is 4.31. The van der Waals surface area contributed by atoms with Crippen molar-refractivity contribution in [1.82, 2.24) is 5.32 Å². The van der Waals surface area contributed by atoms with Crippen LogP contribution < -0.4 is 5.32 Å². The van der Waals surface area contributed by atoms with E-state index in [0.29, 0.717) is 6.54 Å². The molecule has 1 atom stereocenters. The zero-order chi connectivity index (χ0) is 14.5. The van der Waals surface area contributed by atoms with Crippen molar-refractivity contribution in [2.75, 3.05) is 13.2 Å². The number of aliphatic hydroxyl groups is 2. The van der Waals surface area contributed by atoms with Crippen LogP contribution in [0.5, 0.6) is 0 Å². The summed E-state index contributed by atoms with van der Waals surface area (Å²) in [6.07, 6.45) is 0. The van der Waals surface area contributed by atoms with Gasteiger partial charge in [0.05, 0.1) is 24.7 Å². The molecule has 0 amide bonds. The van der Waals surface area contributed by atoms with Crippen LogP contribution in [0.1, 0.15) is 30.9 Å². The summed E-state index contributed by atoms with van der Waals surface area (Å²) >= 11 is 0. The van der Waals surface area contributed by atoms with E-state index in [9.17, 15) is 4.79 Å². The van der Waals surface area contributed by atoms with Crippen LogP contribution in [0.4, 0.5) is 0 Å². The minimum absolute atomic E-state index is 0.155. The number of hydrogen-bond donors (Lipinski definition) is 4. The number of carboxylic acid groups (broad SMARTS) is 1. The molecule has 0 spiro atoms. The van der Waals surface area contributed by atoms with Gasteiger partial charge in [-0.15, -0.1) is 0 Å². The van der Waals surface area contributed by atoms with Gasteiger partial charge in [0.25, 0.3) is 0 Å². The highest BCUT2D eigenvalue weighted by molar-refractivity contribution is 5.75. The van der Waals surface area contributed by atoms with Gasteiger partial charge < -0.3 is 20.6 Å². The van der Waals surface area contributed by atoms with E-state index in [0.717, 1.165) is 11.1 Å². The lowest BCUT2D eigenvalue weighted by molar-refractivity contribution is -0.138. The third-order valence-electron chi connectivity index (χ3n) is 3.27. The van der Waals surface area contributed by atoms with Gasteiger partial charge in [-0.25, -0.2) is 0 Å². The van der Waals surface area contributed by atoms with Crippen molar-refractivity contribution in [2.24, 2.45) is 0 Å². The van der Waals surface area contributed by atoms with Crippen LogP contribution in [-0.2, 0) is 11.3 Å². The molecule has 0 fully saturated rings. The fourth-order valence-electron chi connectivity index (χ4n) is 1.54. The first-order chi connectivity index (χ1) is 8.91. The highest BCUT2D eigenvalue weighted by Crippen LogP contribution is 2.16. The second-order valence-corrected chi connectivity index (χ2v) is 5.03. The lowest BCUT2D eigenvalue weighted by atomic mass is 9.99. The molecule has 0 bridgehead atoms. The maximum absolute atomic E-state index is 10.9. The Balaban J connectivity index is 2.65. The molecular weight excluding hydrogens is 246 g/mol. The van der Waals surface area contributed by atoms with Crippen LogP contribution in [0, 0.1) is 0 Å². The zero-order valence-corrected chi connectivity index (χ0v) is 11.3. The van der Waals surface area contributed by atoms with Gasteiger partial charge in [0.2, 0.25) is 0 Å². The average Bonchev–Trinajstić information content (AvgIpc) is 2.44. The number of aliphatic hydroxyl groups excluding tert-OH is 2. The summed E-state index contributed by atoms with van der Waals surface area (Å²) in [5.41, 5.74) is 1.00. The van der Waals surface area contributed by atoms with Crippen LogP contribution in [0.15, 0.2) is 24.3 Å². The molecule has 4 N–H and O–H groups in total. The summed E-state index contributed by atoms with van der Waals surface area (Å²) in [6, 6.07) is 7.25. The Morgan fingerprint density at radius 1 is 1.26 bits per heavy atom. The van der Waals surface area contributed by atoms with Crippen molar-refractivity contribution in [2.45, 2.75) is 31.8 Å². The average molecular weight is 267 g/mol. The van der Waals surface area contributed by atoms with E-state index < -0.39 is 17.4 Å². The van der Waals surface area contributed by atoms with Crippen molar-refractivity contribution in [3.8, 4) is 0 Å². The van der Waals surface area contributed by atoms with Crippen LogP contribution in [0.3, 0.4) is 0 Å². The van der Waals surface area contributed by atoms with E-state index in [-0.39, 0.29) is 13.2 Å². The first kappa shape index (κ1) is 15.6. The van der Waals surface area contributed by atoms with E-state index >= 15 is 0 Å². The lowest BCUT2D eigenvalue weighted by Gasteiger charge is -2.26. The number of benzene rings is 1. The van der Waals surface area contributed by atoms with Gasteiger partial charge in [0.15, 0.2) is 0 Å². The van der Waals surface area contributed by atoms with E-state index in [4.69, 9.17) is 15.3 Å². The second-order valence-electron chi connectivity index (χ2n) is 5.03. The SMILES string of the molecule is CC(C(=O)O)c1ccc(CNC(C)(CO)CO)cc1. The summed E-state index contributed by atoms with van der Waals surface area (Å²) < 4.78 is 0. The summed E-state index contributed by atoms with van der Waals surface area (Å²) in [5, 5.41) is 30.3. The number of hydrogen-bond acceptors (Lipinski definition) is 4. The molecule has 106 valence electrons. The van der Waals surface area contributed by atoms with Gasteiger partial charge in [-0.3, -0.25) is 4.79 Å². The Bertz CT molecular complexity index is 412. The van der Waals surface area contributed by atoms with Crippen LogP contribution in [-0.4, -0.2) is 40.0 Å². The summed E-state index contributed by atoms with van der Waals surface area (Å²) in [4.78, 5) is 10.9. The smallest absolute Gasteiger partial charge is 0.310 e. The predicted octanol–water partition coefficient (Wildman–Crippen LogP) is 0.708. The molecule has 5 nitrogen and oxygen atoms in total. The molecule has 0 aromatic heterocycles. The first-order valence-electron chi connectivity index (χ1n) is 6.20. The van der Waals surface area contributed by atoms with Crippen LogP contribution in [0.25, 0.3) is 0 Å². The monoisotopic (exact) mass is 267 g/mol. The van der Waals surface area contributed by atoms with Gasteiger partial charge >= 0.3 is 5.97 Å². The molecule has 0 heterocycles. The first-order valence-corrected chi connectivity index (χ1v) is 6.20. The van der Waals surface area contributed by atoms with E-state index in [1.165, 1.54) is 0 Å². The van der Waals surface area contributed by atoms with E-state index in [1.54, 1.807) is 26.0 Å². The molecule has 0 aliphatic heterocycles. The summed E-state index contributed by atoms with van der Waals surface area (Å²) in [6.45, 7) is 3.56. The molecule has 19 heavy (non-hydrogen) atoms. The summed E-state index contributed by atoms with van der Waals surface area (Å²) in [5.74, 6) is -1.37. The van der Waals surface area contributed by atoms with Gasteiger partial charge in [0.1, 0.15) is 0 Å². The second kappa shape index (κ2) is 6.65. The normalized spacial score (nSPS) is 13.3. The van der Waals surface area contributed by atoms with Crippen LogP contribution in [0.2, 0.25) is 0 Å². The number of carboxylic acids is 1. The molecule has 0 aliphatic rings. The standard InChI is InChI=1S/C14H21NO4/c1-10(13(18)19)12-5-3-11(4-6-12)7-15-14(2,8-16)9-17/h3-6,10,15-17H,7-9H2,1-2H3,(H,18,19). The Hall–Kier alpha value is -1.43. The topological polar surface area (TPSA) is 89.8 Å². The molecular formula is C14H21NO4. The summed E-state index contributed by atoms with van der Waals surface area (Å²) in [7, 11) is 0. The fourth-order valence-corrected chi connectivity index (χ4v) is 1.54. The fraction of sp³-hybridized carbons (Fsp3) is 0.500. The lowest BCUT2D eigenvalue weighted by Crippen LogP contribution is -2.48. The molecule has 0 saturated heterocycles. The highest BCUT2D eigenvalue weighted by atomic mass is 16.4. The molecule has 1 aromatic carbocycles. The van der Waals surface area contributed by atoms with Gasteiger partial charge in [0, 0.05) is 6.54 Å². The third-order valence-corrected chi connectivity index (χ3v) is 3.27. The van der Waals surface area contributed by atoms with Crippen molar-refractivity contribution in [1.29, 1.82) is 0 Å². The molecule has 1 rings (SSSR count). The number of nitrogens with one attached hydrogen (secondary N) is 1. The highest BCUT2D eigenvalue weighted by Gasteiger charge is 2.21. The van der Waals surface area contributed by atoms with Crippen LogP contribution >= 0.6 is 0 Å². The molecule has 0 radical (unpaired) electrons. The zero-order valence-electron chi connectivity index (χ0n) is 11.3. The van der Waals surface area contributed by atoms with Gasteiger partial charge in [-0.1, -0.05) is 24.3 Å². The molecule has 5 heteroatoms. The number of carbonyl (C=O) groups is 1. The predicted molar refractivity (Wildman–Crippen MR) is 71.9 cm³/mol. The van der Waals surface area contributed by atoms with E-state index in [1.807, 2.05) is 12.1 Å². The Kier molecular flexibility index (Phi) is 5.47. The molecule has 0 aliphatic carbocycles. The number of aliphatic carboxylic acids is 1. The van der Waals surface area contributed by atoms with Crippen molar-refractivity contribution in [3.63, 3.8) is 0 Å². The Morgan fingerprint density at radius 2 is 1.79 bits per heavy atom. The largest absolute Gasteiger partial charge is 0.481 e. The minimum atomic E-state index is -0.848. The maximum atomic E-state index is 10.9. The molecule has 1 aromatic rings. The minimum Gasteiger partial charge on any atom is -0.481 e. The van der Waals surface area contributed by atoms with E-state index in [2.05, 4.69) is 5.32 Å².